The molecule has 0 fully saturated rings. The molecule has 2 aromatic carbocycles. The first-order valence-corrected chi connectivity index (χ1v) is 7.37. The maximum absolute atomic E-state index is 4.73. The van der Waals surface area contributed by atoms with E-state index in [1.54, 1.807) is 0 Å². The molecule has 100 valence electrons. The molecule has 0 saturated carbocycles. The van der Waals surface area contributed by atoms with Gasteiger partial charge in [0.1, 0.15) is 5.82 Å². The van der Waals surface area contributed by atoms with E-state index in [-0.39, 0.29) is 0 Å². The third kappa shape index (κ3) is 2.83. The molecule has 0 spiro atoms. The van der Waals surface area contributed by atoms with Gasteiger partial charge in [-0.05, 0) is 24.6 Å². The molecule has 3 aromatic rings. The van der Waals surface area contributed by atoms with Crippen molar-refractivity contribution in [1.29, 1.82) is 0 Å². The first kappa shape index (κ1) is 13.1. The Hall–Kier alpha value is -1.87. The third-order valence-corrected chi connectivity index (χ3v) is 3.79. The number of imidazole rings is 1. The first-order chi connectivity index (χ1) is 9.72. The molecule has 0 amide bonds. The Morgan fingerprint density at radius 1 is 1.00 bits per heavy atom. The van der Waals surface area contributed by atoms with E-state index in [1.807, 2.05) is 18.2 Å². The highest BCUT2D eigenvalue weighted by atomic mass is 79.9. The van der Waals surface area contributed by atoms with E-state index in [0.717, 1.165) is 33.7 Å². The molecule has 3 rings (SSSR count). The van der Waals surface area contributed by atoms with Crippen LogP contribution in [0.1, 0.15) is 17.1 Å². The summed E-state index contributed by atoms with van der Waals surface area (Å²) in [5.74, 6) is 1.00. The van der Waals surface area contributed by atoms with Crippen molar-refractivity contribution in [3.05, 3.63) is 76.2 Å². The molecular formula is C17H15BrN2. The Bertz CT molecular complexity index is 700. The van der Waals surface area contributed by atoms with Crippen LogP contribution in [0, 0.1) is 6.92 Å². The van der Waals surface area contributed by atoms with Crippen molar-refractivity contribution in [2.24, 2.45) is 0 Å². The molecule has 2 nitrogen and oxygen atoms in total. The predicted molar refractivity (Wildman–Crippen MR) is 85.7 cm³/mol. The second-order valence-corrected chi connectivity index (χ2v) is 5.74. The minimum atomic E-state index is 0.820. The van der Waals surface area contributed by atoms with Crippen LogP contribution in [0.15, 0.2) is 59.1 Å². The molecular weight excluding hydrogens is 312 g/mol. The van der Waals surface area contributed by atoms with Crippen molar-refractivity contribution >= 4 is 15.9 Å². The maximum atomic E-state index is 4.73. The summed E-state index contributed by atoms with van der Waals surface area (Å²) < 4.78 is 1.10. The van der Waals surface area contributed by atoms with Gasteiger partial charge < -0.3 is 4.98 Å². The molecule has 1 N–H and O–H groups in total. The highest BCUT2D eigenvalue weighted by Crippen LogP contribution is 2.22. The molecule has 1 heterocycles. The molecule has 0 saturated heterocycles. The molecule has 0 aliphatic rings. The average Bonchev–Trinajstić information content (AvgIpc) is 2.83. The summed E-state index contributed by atoms with van der Waals surface area (Å²) in [4.78, 5) is 8.11. The SMILES string of the molecule is Cc1[nH]c(Cc2ccc(Br)cc2)nc1-c1ccccc1. The minimum absolute atomic E-state index is 0.820. The van der Waals surface area contributed by atoms with Gasteiger partial charge >= 0.3 is 0 Å². The summed E-state index contributed by atoms with van der Waals surface area (Å²) >= 11 is 3.45. The van der Waals surface area contributed by atoms with Crippen LogP contribution >= 0.6 is 15.9 Å². The number of hydrogen-bond acceptors (Lipinski definition) is 1. The van der Waals surface area contributed by atoms with Gasteiger partial charge in [0.05, 0.1) is 5.69 Å². The highest BCUT2D eigenvalue weighted by Gasteiger charge is 2.09. The van der Waals surface area contributed by atoms with Gasteiger partial charge in [0.25, 0.3) is 0 Å². The van der Waals surface area contributed by atoms with Crippen molar-refractivity contribution in [3.8, 4) is 11.3 Å². The fourth-order valence-electron chi connectivity index (χ4n) is 2.28. The van der Waals surface area contributed by atoms with Crippen LogP contribution in [0.5, 0.6) is 0 Å². The number of aromatic nitrogens is 2. The van der Waals surface area contributed by atoms with Gasteiger partial charge in [-0.3, -0.25) is 0 Å². The van der Waals surface area contributed by atoms with Gasteiger partial charge in [-0.2, -0.15) is 0 Å². The fourth-order valence-corrected chi connectivity index (χ4v) is 2.54. The Labute approximate surface area is 127 Å². The number of H-pyrrole nitrogens is 1. The van der Waals surface area contributed by atoms with E-state index in [9.17, 15) is 0 Å². The zero-order chi connectivity index (χ0) is 13.9. The van der Waals surface area contributed by atoms with E-state index in [0.29, 0.717) is 0 Å². The molecule has 0 aliphatic carbocycles. The van der Waals surface area contributed by atoms with Crippen molar-refractivity contribution < 1.29 is 0 Å². The van der Waals surface area contributed by atoms with Crippen LogP contribution in [0.3, 0.4) is 0 Å². The lowest BCUT2D eigenvalue weighted by atomic mass is 10.1. The van der Waals surface area contributed by atoms with E-state index in [1.165, 1.54) is 5.56 Å². The largest absolute Gasteiger partial charge is 0.345 e. The zero-order valence-corrected chi connectivity index (χ0v) is 12.8. The Kier molecular flexibility index (Phi) is 3.70. The van der Waals surface area contributed by atoms with Gasteiger partial charge in [0, 0.05) is 22.2 Å². The third-order valence-electron chi connectivity index (χ3n) is 3.27. The van der Waals surface area contributed by atoms with Crippen molar-refractivity contribution in [3.63, 3.8) is 0 Å². The van der Waals surface area contributed by atoms with Gasteiger partial charge in [-0.1, -0.05) is 58.4 Å². The summed E-state index contributed by atoms with van der Waals surface area (Å²) in [6, 6.07) is 18.6. The maximum Gasteiger partial charge on any atom is 0.111 e. The predicted octanol–water partition coefficient (Wildman–Crippen LogP) is 4.74. The number of benzene rings is 2. The van der Waals surface area contributed by atoms with Crippen molar-refractivity contribution in [2.45, 2.75) is 13.3 Å². The molecule has 0 aliphatic heterocycles. The quantitative estimate of drug-likeness (QED) is 0.740. The summed E-state index contributed by atoms with van der Waals surface area (Å²) in [5, 5.41) is 0. The molecule has 3 heteroatoms. The van der Waals surface area contributed by atoms with E-state index in [4.69, 9.17) is 4.98 Å². The average molecular weight is 327 g/mol. The molecule has 0 bridgehead atoms. The summed E-state index contributed by atoms with van der Waals surface area (Å²) in [6.45, 7) is 2.07. The Morgan fingerprint density at radius 3 is 2.40 bits per heavy atom. The number of nitrogens with zero attached hydrogens (tertiary/aromatic N) is 1. The first-order valence-electron chi connectivity index (χ1n) is 6.58. The van der Waals surface area contributed by atoms with E-state index in [2.05, 4.69) is 64.2 Å². The second-order valence-electron chi connectivity index (χ2n) is 4.83. The van der Waals surface area contributed by atoms with Crippen LogP contribution < -0.4 is 0 Å². The lowest BCUT2D eigenvalue weighted by molar-refractivity contribution is 1.02. The van der Waals surface area contributed by atoms with Crippen LogP contribution in [0.2, 0.25) is 0 Å². The fraction of sp³-hybridized carbons (Fsp3) is 0.118. The number of aromatic amines is 1. The second kappa shape index (κ2) is 5.63. The molecule has 0 atom stereocenters. The topological polar surface area (TPSA) is 28.7 Å². The van der Waals surface area contributed by atoms with E-state index >= 15 is 0 Å². The highest BCUT2D eigenvalue weighted by molar-refractivity contribution is 9.10. The van der Waals surface area contributed by atoms with Gasteiger partial charge in [0.15, 0.2) is 0 Å². The van der Waals surface area contributed by atoms with Crippen LogP contribution in [0.4, 0.5) is 0 Å². The molecule has 1 aromatic heterocycles. The standard InChI is InChI=1S/C17H15BrN2/c1-12-17(14-5-3-2-4-6-14)20-16(19-12)11-13-7-9-15(18)10-8-13/h2-10H,11H2,1H3,(H,19,20). The number of rotatable bonds is 3. The number of aryl methyl sites for hydroxylation is 1. The molecule has 20 heavy (non-hydrogen) atoms. The van der Waals surface area contributed by atoms with Gasteiger partial charge in [-0.15, -0.1) is 0 Å². The molecule has 0 radical (unpaired) electrons. The Balaban J connectivity index is 1.87. The number of nitrogens with one attached hydrogen (secondary N) is 1. The zero-order valence-electron chi connectivity index (χ0n) is 11.2. The summed E-state index contributed by atoms with van der Waals surface area (Å²) in [7, 11) is 0. The van der Waals surface area contributed by atoms with Gasteiger partial charge in [-0.25, -0.2) is 4.98 Å². The lowest BCUT2D eigenvalue weighted by Gasteiger charge is -1.98. The van der Waals surface area contributed by atoms with Crippen LogP contribution in [-0.2, 0) is 6.42 Å². The van der Waals surface area contributed by atoms with Crippen molar-refractivity contribution in [1.82, 2.24) is 9.97 Å². The summed E-state index contributed by atoms with van der Waals surface area (Å²) in [5.41, 5.74) is 4.56. The lowest BCUT2D eigenvalue weighted by Crippen LogP contribution is -1.90. The van der Waals surface area contributed by atoms with E-state index < -0.39 is 0 Å². The number of hydrogen-bond donors (Lipinski definition) is 1. The van der Waals surface area contributed by atoms with Crippen molar-refractivity contribution in [2.75, 3.05) is 0 Å². The smallest absolute Gasteiger partial charge is 0.111 e. The Morgan fingerprint density at radius 2 is 1.70 bits per heavy atom. The van der Waals surface area contributed by atoms with Crippen LogP contribution in [-0.4, -0.2) is 9.97 Å². The number of halogens is 1. The monoisotopic (exact) mass is 326 g/mol. The minimum Gasteiger partial charge on any atom is -0.345 e. The normalized spacial score (nSPS) is 10.7. The molecule has 0 unspecified atom stereocenters. The summed E-state index contributed by atoms with van der Waals surface area (Å²) in [6.07, 6.45) is 0.820. The van der Waals surface area contributed by atoms with Gasteiger partial charge in [0.2, 0.25) is 0 Å². The van der Waals surface area contributed by atoms with Crippen LogP contribution in [0.25, 0.3) is 11.3 Å².